The van der Waals surface area contributed by atoms with Crippen molar-refractivity contribution in [2.75, 3.05) is 5.32 Å². The molecular weight excluding hydrogens is 424 g/mol. The average molecular weight is 447 g/mol. The van der Waals surface area contributed by atoms with Crippen LogP contribution in [0.5, 0.6) is 0 Å². The summed E-state index contributed by atoms with van der Waals surface area (Å²) >= 11 is 1.51. The summed E-state index contributed by atoms with van der Waals surface area (Å²) in [5.74, 6) is 2.97. The average Bonchev–Trinajstić information content (AvgIpc) is 3.39. The summed E-state index contributed by atoms with van der Waals surface area (Å²) in [4.78, 5) is 16.0. The van der Waals surface area contributed by atoms with E-state index < -0.39 is 0 Å². The second-order valence-corrected chi connectivity index (χ2v) is 8.68. The van der Waals surface area contributed by atoms with Gasteiger partial charge in [-0.25, -0.2) is 0 Å². The van der Waals surface area contributed by atoms with Crippen LogP contribution in [0.4, 0.5) is 5.69 Å². The smallest absolute Gasteiger partial charge is 0.237 e. The Kier molecular flexibility index (Phi) is 5.72. The molecule has 8 nitrogen and oxygen atoms in total. The van der Waals surface area contributed by atoms with E-state index in [1.807, 2.05) is 54.6 Å². The van der Waals surface area contributed by atoms with E-state index in [0.29, 0.717) is 29.8 Å². The third-order valence-electron chi connectivity index (χ3n) is 5.07. The first-order valence-corrected chi connectivity index (χ1v) is 11.5. The standard InChI is InChI=1S/C23H22N6O2S/c1-15(30)24-18-8-5-9-19(13-18)29-22(17-10-11-17)26-27-23(29)32-14-21-25-20(28-31-21)12-16-6-3-2-4-7-16/h2-9,13,17H,10-12,14H2,1H3,(H,24,30). The van der Waals surface area contributed by atoms with E-state index in [1.165, 1.54) is 18.7 Å². The van der Waals surface area contributed by atoms with Gasteiger partial charge in [0.1, 0.15) is 5.82 Å². The Hall–Kier alpha value is -3.46. The topological polar surface area (TPSA) is 98.7 Å². The first-order chi connectivity index (χ1) is 15.7. The number of carbonyl (C=O) groups is 1. The molecule has 0 radical (unpaired) electrons. The molecule has 0 spiro atoms. The largest absolute Gasteiger partial charge is 0.338 e. The fourth-order valence-electron chi connectivity index (χ4n) is 3.47. The molecule has 2 aromatic heterocycles. The van der Waals surface area contributed by atoms with Gasteiger partial charge in [0.2, 0.25) is 11.8 Å². The number of anilines is 1. The lowest BCUT2D eigenvalue weighted by Gasteiger charge is -2.11. The van der Waals surface area contributed by atoms with Crippen molar-refractivity contribution in [1.29, 1.82) is 0 Å². The Bertz CT molecular complexity index is 1230. The molecule has 1 amide bonds. The van der Waals surface area contributed by atoms with E-state index in [1.54, 1.807) is 0 Å². The molecule has 5 rings (SSSR count). The van der Waals surface area contributed by atoms with Crippen LogP contribution in [0, 0.1) is 0 Å². The lowest BCUT2D eigenvalue weighted by atomic mass is 10.1. The molecule has 0 bridgehead atoms. The van der Waals surface area contributed by atoms with E-state index in [0.717, 1.165) is 40.8 Å². The Morgan fingerprint density at radius 3 is 2.78 bits per heavy atom. The van der Waals surface area contributed by atoms with Gasteiger partial charge in [0.25, 0.3) is 0 Å². The molecule has 2 heterocycles. The number of benzene rings is 2. The molecule has 1 aliphatic carbocycles. The summed E-state index contributed by atoms with van der Waals surface area (Å²) in [6.07, 6.45) is 2.86. The van der Waals surface area contributed by atoms with Crippen molar-refractivity contribution in [2.45, 2.75) is 43.0 Å². The number of aromatic nitrogens is 5. The van der Waals surface area contributed by atoms with Crippen LogP contribution in [0.1, 0.15) is 48.8 Å². The zero-order valence-corrected chi connectivity index (χ0v) is 18.4. The predicted octanol–water partition coefficient (Wildman–Crippen LogP) is 4.37. The molecular formula is C23H22N6O2S. The van der Waals surface area contributed by atoms with Gasteiger partial charge < -0.3 is 9.84 Å². The van der Waals surface area contributed by atoms with Gasteiger partial charge in [0.15, 0.2) is 11.0 Å². The quantitative estimate of drug-likeness (QED) is 0.401. The van der Waals surface area contributed by atoms with Gasteiger partial charge in [-0.05, 0) is 36.6 Å². The second-order valence-electron chi connectivity index (χ2n) is 7.74. The fraction of sp³-hybridized carbons (Fsp3) is 0.261. The van der Waals surface area contributed by atoms with Crippen LogP contribution in [-0.2, 0) is 17.0 Å². The maximum Gasteiger partial charge on any atom is 0.237 e. The van der Waals surface area contributed by atoms with Gasteiger partial charge in [0.05, 0.1) is 11.4 Å². The van der Waals surface area contributed by atoms with Crippen LogP contribution in [0.25, 0.3) is 5.69 Å². The molecule has 0 unspecified atom stereocenters. The Morgan fingerprint density at radius 1 is 1.16 bits per heavy atom. The molecule has 0 atom stereocenters. The van der Waals surface area contributed by atoms with Gasteiger partial charge in [0, 0.05) is 24.9 Å². The van der Waals surface area contributed by atoms with Crippen LogP contribution in [-0.4, -0.2) is 30.8 Å². The van der Waals surface area contributed by atoms with Crippen molar-refractivity contribution in [3.8, 4) is 5.69 Å². The summed E-state index contributed by atoms with van der Waals surface area (Å²) in [6.45, 7) is 1.50. The zero-order valence-electron chi connectivity index (χ0n) is 17.6. The Morgan fingerprint density at radius 2 is 2.00 bits per heavy atom. The van der Waals surface area contributed by atoms with Crippen molar-refractivity contribution < 1.29 is 9.32 Å². The summed E-state index contributed by atoms with van der Waals surface area (Å²) in [7, 11) is 0. The molecule has 2 aromatic carbocycles. The van der Waals surface area contributed by atoms with Crippen molar-refractivity contribution in [3.05, 3.63) is 77.7 Å². The first kappa shape index (κ1) is 20.4. The minimum Gasteiger partial charge on any atom is -0.338 e. The summed E-state index contributed by atoms with van der Waals surface area (Å²) in [5, 5.41) is 16.6. The van der Waals surface area contributed by atoms with Gasteiger partial charge in [-0.15, -0.1) is 10.2 Å². The van der Waals surface area contributed by atoms with Crippen molar-refractivity contribution in [3.63, 3.8) is 0 Å². The number of amides is 1. The Balaban J connectivity index is 1.35. The van der Waals surface area contributed by atoms with E-state index in [4.69, 9.17) is 4.52 Å². The number of nitrogens with one attached hydrogen (secondary N) is 1. The number of nitrogens with zero attached hydrogens (tertiary/aromatic N) is 5. The molecule has 1 fully saturated rings. The first-order valence-electron chi connectivity index (χ1n) is 10.5. The van der Waals surface area contributed by atoms with E-state index in [9.17, 15) is 4.79 Å². The fourth-order valence-corrected chi connectivity index (χ4v) is 4.27. The molecule has 32 heavy (non-hydrogen) atoms. The molecule has 4 aromatic rings. The molecule has 9 heteroatoms. The maximum absolute atomic E-state index is 11.5. The number of carbonyl (C=O) groups excluding carboxylic acids is 1. The maximum atomic E-state index is 11.5. The summed E-state index contributed by atoms with van der Waals surface area (Å²) in [6, 6.07) is 17.8. The number of hydrogen-bond donors (Lipinski definition) is 1. The van der Waals surface area contributed by atoms with Gasteiger partial charge in [-0.3, -0.25) is 9.36 Å². The third kappa shape index (κ3) is 4.72. The van der Waals surface area contributed by atoms with Crippen LogP contribution in [0.2, 0.25) is 0 Å². The number of hydrogen-bond acceptors (Lipinski definition) is 7. The number of thioether (sulfide) groups is 1. The molecule has 0 saturated heterocycles. The van der Waals surface area contributed by atoms with Crippen LogP contribution in [0.3, 0.4) is 0 Å². The van der Waals surface area contributed by atoms with Crippen molar-refractivity contribution in [1.82, 2.24) is 24.9 Å². The van der Waals surface area contributed by atoms with Crippen molar-refractivity contribution >= 4 is 23.4 Å². The highest BCUT2D eigenvalue weighted by Crippen LogP contribution is 2.41. The molecule has 162 valence electrons. The van der Waals surface area contributed by atoms with Crippen LogP contribution < -0.4 is 5.32 Å². The highest BCUT2D eigenvalue weighted by molar-refractivity contribution is 7.98. The summed E-state index contributed by atoms with van der Waals surface area (Å²) < 4.78 is 7.51. The van der Waals surface area contributed by atoms with Crippen LogP contribution in [0.15, 0.2) is 64.3 Å². The van der Waals surface area contributed by atoms with E-state index in [2.05, 4.69) is 30.2 Å². The predicted molar refractivity (Wildman–Crippen MR) is 121 cm³/mol. The monoisotopic (exact) mass is 446 g/mol. The molecule has 1 saturated carbocycles. The second kappa shape index (κ2) is 8.96. The normalized spacial score (nSPS) is 13.3. The van der Waals surface area contributed by atoms with Gasteiger partial charge in [-0.1, -0.05) is 53.3 Å². The van der Waals surface area contributed by atoms with Crippen molar-refractivity contribution in [2.24, 2.45) is 0 Å². The van der Waals surface area contributed by atoms with E-state index >= 15 is 0 Å². The molecule has 1 N–H and O–H groups in total. The Labute approximate surface area is 189 Å². The van der Waals surface area contributed by atoms with E-state index in [-0.39, 0.29) is 5.91 Å². The SMILES string of the molecule is CC(=O)Nc1cccc(-n2c(SCc3nc(Cc4ccccc4)no3)nnc2C2CC2)c1. The lowest BCUT2D eigenvalue weighted by Crippen LogP contribution is -2.07. The third-order valence-corrected chi connectivity index (χ3v) is 5.98. The lowest BCUT2D eigenvalue weighted by molar-refractivity contribution is -0.114. The minimum absolute atomic E-state index is 0.106. The highest BCUT2D eigenvalue weighted by atomic mass is 32.2. The molecule has 0 aliphatic heterocycles. The minimum atomic E-state index is -0.106. The zero-order chi connectivity index (χ0) is 21.9. The van der Waals surface area contributed by atoms with Crippen LogP contribution >= 0.6 is 11.8 Å². The summed E-state index contributed by atoms with van der Waals surface area (Å²) in [5.41, 5.74) is 2.80. The molecule has 1 aliphatic rings. The number of rotatable bonds is 8. The van der Waals surface area contributed by atoms with Gasteiger partial charge >= 0.3 is 0 Å². The van der Waals surface area contributed by atoms with Gasteiger partial charge in [-0.2, -0.15) is 4.98 Å². The highest BCUT2D eigenvalue weighted by Gasteiger charge is 2.31.